The van der Waals surface area contributed by atoms with Gasteiger partial charge in [-0.05, 0) is 25.2 Å². The minimum Gasteiger partial charge on any atom is -0.394 e. The molecule has 0 bridgehead atoms. The van der Waals surface area contributed by atoms with Gasteiger partial charge in [0.2, 0.25) is 5.91 Å². The van der Waals surface area contributed by atoms with Crippen LogP contribution in [-0.2, 0) is 9.53 Å². The van der Waals surface area contributed by atoms with Crippen molar-refractivity contribution >= 4 is 23.1 Å². The van der Waals surface area contributed by atoms with E-state index >= 15 is 0 Å². The molecule has 2 aliphatic rings. The predicted octanol–water partition coefficient (Wildman–Crippen LogP) is 0.299. The van der Waals surface area contributed by atoms with Gasteiger partial charge in [-0.15, -0.1) is 0 Å². The van der Waals surface area contributed by atoms with Crippen LogP contribution in [0.15, 0.2) is 0 Å². The number of carbonyl (C=O) groups excluding carboxylic acids is 1. The van der Waals surface area contributed by atoms with Gasteiger partial charge >= 0.3 is 0 Å². The lowest BCUT2D eigenvalue weighted by Gasteiger charge is -2.39. The molecule has 2 atom stereocenters. The first-order chi connectivity index (χ1) is 9.03. The van der Waals surface area contributed by atoms with E-state index in [4.69, 9.17) is 22.7 Å². The molecule has 1 amide bonds. The highest BCUT2D eigenvalue weighted by Crippen LogP contribution is 2.36. The van der Waals surface area contributed by atoms with Crippen molar-refractivity contribution in [2.24, 2.45) is 17.1 Å². The molecule has 2 heterocycles. The molecule has 2 rings (SSSR count). The molecule has 0 aromatic carbocycles. The van der Waals surface area contributed by atoms with E-state index in [-0.39, 0.29) is 23.5 Å². The second-order valence-electron chi connectivity index (χ2n) is 5.57. The van der Waals surface area contributed by atoms with E-state index in [9.17, 15) is 9.90 Å². The van der Waals surface area contributed by atoms with Crippen LogP contribution in [0.25, 0.3) is 0 Å². The van der Waals surface area contributed by atoms with Crippen molar-refractivity contribution in [3.05, 3.63) is 0 Å². The van der Waals surface area contributed by atoms with E-state index in [1.54, 1.807) is 4.90 Å². The first kappa shape index (κ1) is 14.7. The Morgan fingerprint density at radius 2 is 2.16 bits per heavy atom. The van der Waals surface area contributed by atoms with Gasteiger partial charge in [0.25, 0.3) is 0 Å². The summed E-state index contributed by atoms with van der Waals surface area (Å²) in [5.74, 6) is 0.295. The van der Waals surface area contributed by atoms with E-state index in [0.717, 1.165) is 6.42 Å². The van der Waals surface area contributed by atoms with Crippen LogP contribution in [0, 0.1) is 11.3 Å². The van der Waals surface area contributed by atoms with Crippen molar-refractivity contribution in [2.45, 2.75) is 32.2 Å². The maximum atomic E-state index is 12.9. The second-order valence-corrected chi connectivity index (χ2v) is 6.01. The fourth-order valence-electron chi connectivity index (χ4n) is 3.10. The summed E-state index contributed by atoms with van der Waals surface area (Å²) in [4.78, 5) is 14.9. The first-order valence-electron chi connectivity index (χ1n) is 6.82. The van der Waals surface area contributed by atoms with Crippen LogP contribution in [0.3, 0.4) is 0 Å². The molecule has 2 aliphatic heterocycles. The number of amides is 1. The highest BCUT2D eigenvalue weighted by molar-refractivity contribution is 7.80. The summed E-state index contributed by atoms with van der Waals surface area (Å²) in [6.45, 7) is 3.76. The summed E-state index contributed by atoms with van der Waals surface area (Å²) in [5.41, 5.74) is 5.09. The molecule has 3 N–H and O–H groups in total. The molecule has 0 radical (unpaired) electrons. The quantitative estimate of drug-likeness (QED) is 0.730. The summed E-state index contributed by atoms with van der Waals surface area (Å²) in [6.07, 6.45) is 2.01. The minimum absolute atomic E-state index is 0.00315. The number of hydrogen-bond donors (Lipinski definition) is 2. The molecular weight excluding hydrogens is 264 g/mol. The maximum Gasteiger partial charge on any atom is 0.236 e. The zero-order valence-corrected chi connectivity index (χ0v) is 12.1. The van der Waals surface area contributed by atoms with Crippen LogP contribution in [0.4, 0.5) is 0 Å². The summed E-state index contributed by atoms with van der Waals surface area (Å²) in [7, 11) is 0. The molecule has 0 aromatic rings. The van der Waals surface area contributed by atoms with Crippen molar-refractivity contribution in [2.75, 3.05) is 26.4 Å². The van der Waals surface area contributed by atoms with Crippen LogP contribution in [0.1, 0.15) is 26.2 Å². The highest BCUT2D eigenvalue weighted by Gasteiger charge is 2.48. The van der Waals surface area contributed by atoms with Crippen LogP contribution in [-0.4, -0.2) is 53.3 Å². The molecule has 19 heavy (non-hydrogen) atoms. The van der Waals surface area contributed by atoms with Crippen LogP contribution in [0.5, 0.6) is 0 Å². The second kappa shape index (κ2) is 5.73. The van der Waals surface area contributed by atoms with Crippen molar-refractivity contribution in [1.82, 2.24) is 4.90 Å². The topological polar surface area (TPSA) is 75.8 Å². The van der Waals surface area contributed by atoms with Crippen molar-refractivity contribution < 1.29 is 14.6 Å². The molecule has 0 aliphatic carbocycles. The molecule has 0 aromatic heterocycles. The number of nitrogens with two attached hydrogens (primary N) is 1. The van der Waals surface area contributed by atoms with Crippen LogP contribution < -0.4 is 5.73 Å². The molecule has 0 spiro atoms. The fraction of sp³-hybridized carbons (Fsp3) is 0.846. The van der Waals surface area contributed by atoms with Gasteiger partial charge in [0.1, 0.15) is 5.41 Å². The molecule has 5 nitrogen and oxygen atoms in total. The average Bonchev–Trinajstić information content (AvgIpc) is 2.79. The Kier molecular flexibility index (Phi) is 4.43. The largest absolute Gasteiger partial charge is 0.394 e. The van der Waals surface area contributed by atoms with Crippen molar-refractivity contribution in [3.8, 4) is 0 Å². The number of hydrogen-bond acceptors (Lipinski definition) is 4. The molecule has 108 valence electrons. The highest BCUT2D eigenvalue weighted by atomic mass is 32.1. The van der Waals surface area contributed by atoms with Crippen LogP contribution >= 0.6 is 12.2 Å². The Morgan fingerprint density at radius 1 is 1.53 bits per heavy atom. The Balaban J connectivity index is 2.22. The molecule has 0 saturated carbocycles. The van der Waals surface area contributed by atoms with Crippen molar-refractivity contribution in [3.63, 3.8) is 0 Å². The molecule has 2 unspecified atom stereocenters. The zero-order chi connectivity index (χ0) is 14.0. The van der Waals surface area contributed by atoms with Gasteiger partial charge in [-0.1, -0.05) is 19.1 Å². The molecular formula is C13H22N2O3S. The first-order valence-corrected chi connectivity index (χ1v) is 7.23. The van der Waals surface area contributed by atoms with Crippen molar-refractivity contribution in [1.29, 1.82) is 0 Å². The van der Waals surface area contributed by atoms with Gasteiger partial charge < -0.3 is 20.5 Å². The Hall–Kier alpha value is -0.720. The third-order valence-corrected chi connectivity index (χ3v) is 4.95. The number of aliphatic hydroxyl groups excluding tert-OH is 1. The summed E-state index contributed by atoms with van der Waals surface area (Å²) >= 11 is 5.16. The number of nitrogens with zero attached hydrogens (tertiary/aromatic N) is 1. The van der Waals surface area contributed by atoms with E-state index < -0.39 is 5.41 Å². The zero-order valence-electron chi connectivity index (χ0n) is 11.3. The standard InChI is InChI=1S/C13H22N2O3S/c1-9-2-5-15(10(9)8-16)12(17)13(11(14)19)3-6-18-7-4-13/h9-10,16H,2-8H2,1H3,(H2,14,19). The number of likely N-dealkylation sites (tertiary alicyclic amines) is 1. The average molecular weight is 286 g/mol. The van der Waals surface area contributed by atoms with Gasteiger partial charge in [-0.3, -0.25) is 4.79 Å². The number of ether oxygens (including phenoxy) is 1. The molecule has 2 saturated heterocycles. The maximum absolute atomic E-state index is 12.9. The predicted molar refractivity (Wildman–Crippen MR) is 75.6 cm³/mol. The lowest BCUT2D eigenvalue weighted by Crippen LogP contribution is -2.55. The fourth-order valence-corrected chi connectivity index (χ4v) is 3.39. The van der Waals surface area contributed by atoms with E-state index in [2.05, 4.69) is 6.92 Å². The van der Waals surface area contributed by atoms with Crippen LogP contribution in [0.2, 0.25) is 0 Å². The number of thiocarbonyl (C=S) groups is 1. The summed E-state index contributed by atoms with van der Waals surface area (Å²) in [6, 6.07) is -0.110. The number of carbonyl (C=O) groups is 1. The van der Waals surface area contributed by atoms with Gasteiger partial charge in [-0.25, -0.2) is 0 Å². The minimum atomic E-state index is -0.773. The Labute approximate surface area is 119 Å². The lowest BCUT2D eigenvalue weighted by atomic mass is 9.78. The third-order valence-electron chi connectivity index (χ3n) is 4.56. The number of rotatable bonds is 3. The summed E-state index contributed by atoms with van der Waals surface area (Å²) in [5, 5.41) is 9.49. The van der Waals surface area contributed by atoms with Gasteiger partial charge in [-0.2, -0.15) is 0 Å². The SMILES string of the molecule is CC1CCN(C(=O)C2(C(N)=S)CCOCC2)C1CO. The van der Waals surface area contributed by atoms with E-state index in [0.29, 0.717) is 38.5 Å². The lowest BCUT2D eigenvalue weighted by molar-refractivity contribution is -0.144. The van der Waals surface area contributed by atoms with E-state index in [1.807, 2.05) is 0 Å². The Morgan fingerprint density at radius 3 is 2.68 bits per heavy atom. The normalized spacial score (nSPS) is 30.3. The third kappa shape index (κ3) is 2.49. The summed E-state index contributed by atoms with van der Waals surface area (Å²) < 4.78 is 5.33. The molecule has 6 heteroatoms. The van der Waals surface area contributed by atoms with Gasteiger partial charge in [0, 0.05) is 19.8 Å². The smallest absolute Gasteiger partial charge is 0.236 e. The van der Waals surface area contributed by atoms with Gasteiger partial charge in [0.15, 0.2) is 0 Å². The number of aliphatic hydroxyl groups is 1. The van der Waals surface area contributed by atoms with E-state index in [1.165, 1.54) is 0 Å². The monoisotopic (exact) mass is 286 g/mol. The Bertz CT molecular complexity index is 369. The van der Waals surface area contributed by atoms with Gasteiger partial charge in [0.05, 0.1) is 17.6 Å². The molecule has 2 fully saturated rings.